The van der Waals surface area contributed by atoms with Gasteiger partial charge in [-0.3, -0.25) is 0 Å². The molecule has 0 radical (unpaired) electrons. The molecule has 2 aromatic rings. The zero-order valence-electron chi connectivity index (χ0n) is 13.2. The highest BCUT2D eigenvalue weighted by Crippen LogP contribution is 2.41. The van der Waals surface area contributed by atoms with Crippen LogP contribution in [0.4, 0.5) is 0 Å². The van der Waals surface area contributed by atoms with Crippen molar-refractivity contribution < 1.29 is 0 Å². The van der Waals surface area contributed by atoms with Crippen molar-refractivity contribution in [2.24, 2.45) is 5.92 Å². The van der Waals surface area contributed by atoms with Crippen molar-refractivity contribution in [2.45, 2.75) is 51.6 Å². The molecule has 1 aromatic heterocycles. The first-order chi connectivity index (χ1) is 10.0. The molecule has 1 fully saturated rings. The van der Waals surface area contributed by atoms with Crippen LogP contribution in [0.15, 0.2) is 42.5 Å². The highest BCUT2D eigenvalue weighted by molar-refractivity contribution is 7.12. The van der Waals surface area contributed by atoms with Crippen molar-refractivity contribution in [3.8, 4) is 0 Å². The van der Waals surface area contributed by atoms with Crippen LogP contribution in [-0.4, -0.2) is 0 Å². The average Bonchev–Trinajstić information content (AvgIpc) is 3.16. The Labute approximate surface area is 132 Å². The normalized spacial score (nSPS) is 16.9. The van der Waals surface area contributed by atoms with Crippen LogP contribution in [0.25, 0.3) is 0 Å². The van der Waals surface area contributed by atoms with Crippen molar-refractivity contribution in [1.29, 1.82) is 0 Å². The number of benzene rings is 1. The Morgan fingerprint density at radius 3 is 2.38 bits per heavy atom. The van der Waals surface area contributed by atoms with E-state index in [-0.39, 0.29) is 5.41 Å². The van der Waals surface area contributed by atoms with Gasteiger partial charge in [0, 0.05) is 22.3 Å². The molecule has 1 N–H and O–H groups in total. The third-order valence-corrected chi connectivity index (χ3v) is 5.66. The summed E-state index contributed by atoms with van der Waals surface area (Å²) in [4.78, 5) is 2.92. The van der Waals surface area contributed by atoms with Crippen LogP contribution in [0, 0.1) is 5.92 Å². The summed E-state index contributed by atoms with van der Waals surface area (Å²) in [7, 11) is 0. The predicted molar refractivity (Wildman–Crippen MR) is 91.8 cm³/mol. The van der Waals surface area contributed by atoms with Gasteiger partial charge in [0.2, 0.25) is 0 Å². The van der Waals surface area contributed by atoms with E-state index in [9.17, 15) is 0 Å². The Balaban J connectivity index is 1.66. The molecule has 1 aromatic carbocycles. The second-order valence-corrected chi connectivity index (χ2v) is 8.29. The zero-order valence-corrected chi connectivity index (χ0v) is 14.0. The number of hydrogen-bond acceptors (Lipinski definition) is 2. The Morgan fingerprint density at radius 1 is 1.10 bits per heavy atom. The van der Waals surface area contributed by atoms with E-state index in [1.807, 2.05) is 11.3 Å². The monoisotopic (exact) mass is 299 g/mol. The SMILES string of the molecule is CC(C)(C)c1ccc(CNC(c2ccccc2)C2CC2)s1. The van der Waals surface area contributed by atoms with E-state index in [1.165, 1.54) is 28.2 Å². The molecule has 1 atom stereocenters. The quantitative estimate of drug-likeness (QED) is 0.791. The summed E-state index contributed by atoms with van der Waals surface area (Å²) in [5.41, 5.74) is 1.70. The molecule has 1 heterocycles. The van der Waals surface area contributed by atoms with E-state index in [0.717, 1.165) is 12.5 Å². The van der Waals surface area contributed by atoms with Crippen LogP contribution < -0.4 is 5.32 Å². The van der Waals surface area contributed by atoms with E-state index in [1.54, 1.807) is 0 Å². The molecule has 1 unspecified atom stereocenters. The van der Waals surface area contributed by atoms with Crippen molar-refractivity contribution in [3.63, 3.8) is 0 Å². The fourth-order valence-corrected chi connectivity index (χ4v) is 3.75. The first-order valence-electron chi connectivity index (χ1n) is 7.91. The molecule has 1 nitrogen and oxygen atoms in total. The molecule has 3 rings (SSSR count). The lowest BCUT2D eigenvalue weighted by atomic mass is 9.95. The summed E-state index contributed by atoms with van der Waals surface area (Å²) in [6.07, 6.45) is 2.73. The van der Waals surface area contributed by atoms with E-state index < -0.39 is 0 Å². The lowest BCUT2D eigenvalue weighted by molar-refractivity contribution is 0.483. The standard InChI is InChI=1S/C19H25NS/c1-19(2,3)17-12-11-16(21-17)13-20-18(15-9-10-15)14-7-5-4-6-8-14/h4-8,11-12,15,18,20H,9-10,13H2,1-3H3. The van der Waals surface area contributed by atoms with Crippen molar-refractivity contribution in [1.82, 2.24) is 5.32 Å². The molecule has 2 heteroatoms. The topological polar surface area (TPSA) is 12.0 Å². The maximum Gasteiger partial charge on any atom is 0.0351 e. The molecule has 1 aliphatic rings. The Bertz CT molecular complexity index is 575. The largest absolute Gasteiger partial charge is 0.305 e. The molecule has 0 spiro atoms. The lowest BCUT2D eigenvalue weighted by Crippen LogP contribution is -2.22. The summed E-state index contributed by atoms with van der Waals surface area (Å²) >= 11 is 1.95. The Hall–Kier alpha value is -1.12. The summed E-state index contributed by atoms with van der Waals surface area (Å²) in [5, 5.41) is 3.79. The second kappa shape index (κ2) is 5.94. The molecule has 0 bridgehead atoms. The van der Waals surface area contributed by atoms with E-state index in [2.05, 4.69) is 68.6 Å². The van der Waals surface area contributed by atoms with Gasteiger partial charge < -0.3 is 5.32 Å². The fraction of sp³-hybridized carbons (Fsp3) is 0.474. The summed E-state index contributed by atoms with van der Waals surface area (Å²) in [6, 6.07) is 16.0. The number of thiophene rings is 1. The number of nitrogens with one attached hydrogen (secondary N) is 1. The molecule has 1 saturated carbocycles. The Kier molecular flexibility index (Phi) is 4.19. The van der Waals surface area contributed by atoms with Gasteiger partial charge in [-0.15, -0.1) is 11.3 Å². The number of hydrogen-bond donors (Lipinski definition) is 1. The van der Waals surface area contributed by atoms with Crippen LogP contribution in [0.2, 0.25) is 0 Å². The van der Waals surface area contributed by atoms with Crippen LogP contribution in [0.3, 0.4) is 0 Å². The van der Waals surface area contributed by atoms with Crippen LogP contribution >= 0.6 is 11.3 Å². The highest BCUT2D eigenvalue weighted by atomic mass is 32.1. The minimum Gasteiger partial charge on any atom is -0.305 e. The highest BCUT2D eigenvalue weighted by Gasteiger charge is 2.31. The van der Waals surface area contributed by atoms with Crippen molar-refractivity contribution in [3.05, 3.63) is 57.8 Å². The summed E-state index contributed by atoms with van der Waals surface area (Å²) in [5.74, 6) is 0.828. The van der Waals surface area contributed by atoms with Gasteiger partial charge in [-0.1, -0.05) is 51.1 Å². The van der Waals surface area contributed by atoms with Gasteiger partial charge in [0.1, 0.15) is 0 Å². The first-order valence-corrected chi connectivity index (χ1v) is 8.73. The van der Waals surface area contributed by atoms with Gasteiger partial charge in [0.15, 0.2) is 0 Å². The minimum atomic E-state index is 0.262. The Morgan fingerprint density at radius 2 is 1.81 bits per heavy atom. The average molecular weight is 299 g/mol. The molecular formula is C19H25NS. The van der Waals surface area contributed by atoms with Crippen molar-refractivity contribution in [2.75, 3.05) is 0 Å². The lowest BCUT2D eigenvalue weighted by Gasteiger charge is -2.18. The van der Waals surface area contributed by atoms with Crippen LogP contribution in [0.1, 0.15) is 55.0 Å². The first kappa shape index (κ1) is 14.8. The van der Waals surface area contributed by atoms with Crippen LogP contribution in [-0.2, 0) is 12.0 Å². The third kappa shape index (κ3) is 3.75. The van der Waals surface area contributed by atoms with E-state index in [0.29, 0.717) is 6.04 Å². The van der Waals surface area contributed by atoms with E-state index in [4.69, 9.17) is 0 Å². The summed E-state index contributed by atoms with van der Waals surface area (Å²) < 4.78 is 0. The molecule has 1 aliphatic carbocycles. The predicted octanol–water partition coefficient (Wildman–Crippen LogP) is 5.29. The third-order valence-electron chi connectivity index (χ3n) is 4.15. The van der Waals surface area contributed by atoms with Gasteiger partial charge in [-0.2, -0.15) is 0 Å². The maximum absolute atomic E-state index is 3.79. The molecular weight excluding hydrogens is 274 g/mol. The van der Waals surface area contributed by atoms with Gasteiger partial charge in [-0.25, -0.2) is 0 Å². The molecule has 0 amide bonds. The minimum absolute atomic E-state index is 0.262. The molecule has 0 aliphatic heterocycles. The molecule has 112 valence electrons. The smallest absolute Gasteiger partial charge is 0.0351 e. The van der Waals surface area contributed by atoms with Crippen LogP contribution in [0.5, 0.6) is 0 Å². The van der Waals surface area contributed by atoms with Gasteiger partial charge >= 0.3 is 0 Å². The fourth-order valence-electron chi connectivity index (χ4n) is 2.73. The maximum atomic E-state index is 3.79. The zero-order chi connectivity index (χ0) is 14.9. The van der Waals surface area contributed by atoms with Crippen molar-refractivity contribution >= 4 is 11.3 Å². The second-order valence-electron chi connectivity index (χ2n) is 7.12. The van der Waals surface area contributed by atoms with E-state index >= 15 is 0 Å². The number of rotatable bonds is 5. The van der Waals surface area contributed by atoms with Gasteiger partial charge in [0.05, 0.1) is 0 Å². The van der Waals surface area contributed by atoms with Gasteiger partial charge in [0.25, 0.3) is 0 Å². The summed E-state index contributed by atoms with van der Waals surface area (Å²) in [6.45, 7) is 7.84. The molecule has 0 saturated heterocycles. The molecule has 21 heavy (non-hydrogen) atoms. The van der Waals surface area contributed by atoms with Gasteiger partial charge in [-0.05, 0) is 41.9 Å².